The average Bonchev–Trinajstić information content (AvgIpc) is 3.78. The highest BCUT2D eigenvalue weighted by Gasteiger charge is 2.16. The molecular formula is C27H26Br4Cl4N9O10P. The largest absolute Gasteiger partial charge is 0.461 e. The number of carbonyl (C=O) groups is 3. The number of nitrogen functional groups attached to an aromatic ring is 1. The number of ketones is 1. The van der Waals surface area contributed by atoms with Gasteiger partial charge in [0.15, 0.2) is 22.7 Å². The number of aromatic nitrogens is 8. The number of H-pyrrole nitrogens is 2. The van der Waals surface area contributed by atoms with Crippen molar-refractivity contribution in [3.8, 4) is 0 Å². The first-order valence-electron chi connectivity index (χ1n) is 14.2. The maximum atomic E-state index is 11.5. The van der Waals surface area contributed by atoms with E-state index in [9.17, 15) is 28.5 Å². The molecule has 0 fully saturated rings. The number of carbonyl (C=O) groups excluding carboxylic acids is 5. The number of ether oxygens (including phenoxy) is 2. The predicted molar refractivity (Wildman–Crippen MR) is 217 cm³/mol. The van der Waals surface area contributed by atoms with Gasteiger partial charge < -0.3 is 20.2 Å². The summed E-state index contributed by atoms with van der Waals surface area (Å²) in [6.45, 7) is 5.86. The van der Waals surface area contributed by atoms with Crippen LogP contribution in [0.25, 0.3) is 11.3 Å². The molecule has 19 nitrogen and oxygen atoms in total. The van der Waals surface area contributed by atoms with Crippen LogP contribution in [0.5, 0.6) is 0 Å². The van der Waals surface area contributed by atoms with Gasteiger partial charge in [0.1, 0.15) is 11.6 Å². The smallest absolute Gasteiger partial charge is 0.373 e. The third kappa shape index (κ3) is 20.1. The average molecular weight is 1130 g/mol. The molecule has 300 valence electrons. The minimum absolute atomic E-state index is 0.110. The Hall–Kier alpha value is -2.98. The molecule has 0 spiro atoms. The zero-order valence-electron chi connectivity index (χ0n) is 28.0. The molecule has 0 aliphatic rings. The fourth-order valence-corrected chi connectivity index (χ4v) is 4.53. The summed E-state index contributed by atoms with van der Waals surface area (Å²) in [6.07, 6.45) is 8.09. The monoisotopic (exact) mass is 1120 g/mol. The van der Waals surface area contributed by atoms with Gasteiger partial charge >= 0.3 is 34.7 Å². The lowest BCUT2D eigenvalue weighted by Crippen LogP contribution is -2.14. The molecule has 55 heavy (non-hydrogen) atoms. The Labute approximate surface area is 362 Å². The Morgan fingerprint density at radius 3 is 1.69 bits per heavy atom. The number of nitrogens with one attached hydrogen (secondary N) is 2. The molecule has 0 bridgehead atoms. The topological polar surface area (TPSA) is 273 Å². The molecule has 5 rings (SSSR count). The molecule has 5 heterocycles. The lowest BCUT2D eigenvalue weighted by atomic mass is 10.4. The minimum atomic E-state index is -3.22. The quantitative estimate of drug-likeness (QED) is 0.0669. The molecule has 4 N–H and O–H groups in total. The third-order valence-electron chi connectivity index (χ3n) is 5.17. The van der Waals surface area contributed by atoms with E-state index < -0.39 is 22.8 Å². The number of esters is 2. The highest BCUT2D eigenvalue weighted by Crippen LogP contribution is 2.61. The molecule has 0 aliphatic carbocycles. The molecule has 0 saturated carbocycles. The van der Waals surface area contributed by atoms with E-state index in [0.29, 0.717) is 48.9 Å². The van der Waals surface area contributed by atoms with E-state index in [0.717, 1.165) is 0 Å². The van der Waals surface area contributed by atoms with Gasteiger partial charge in [0.05, 0.1) is 38.2 Å². The number of aromatic amines is 2. The first-order chi connectivity index (χ1) is 25.7. The Morgan fingerprint density at radius 1 is 0.873 bits per heavy atom. The van der Waals surface area contributed by atoms with Gasteiger partial charge in [-0.25, -0.2) is 43.5 Å². The molecule has 0 amide bonds. The van der Waals surface area contributed by atoms with Crippen LogP contribution in [-0.2, 0) is 28.4 Å². The van der Waals surface area contributed by atoms with Gasteiger partial charge in [0, 0.05) is 31.2 Å². The molecule has 28 heteroatoms. The summed E-state index contributed by atoms with van der Waals surface area (Å²) < 4.78 is 23.8. The Morgan fingerprint density at radius 2 is 1.33 bits per heavy atom. The van der Waals surface area contributed by atoms with Crippen molar-refractivity contribution in [2.75, 3.05) is 24.3 Å². The summed E-state index contributed by atoms with van der Waals surface area (Å²) in [5.41, 5.74) is 5.71. The molecule has 5 aromatic rings. The SMILES string of the molecule is CCC(=O)CBr.CCOC(=O)c1cn2c(=O)[nH]cc(Br)c2n1.CCOC(=O)c1cn2c(Cl)ncc(Br)c2n1.Nc1[nH]c(=O)ncc1Br.O=C=O.O=P(Cl)(Cl)Cl. The third-order valence-corrected chi connectivity index (χ3v) is 7.85. The van der Waals surface area contributed by atoms with Crippen LogP contribution in [0.1, 0.15) is 48.2 Å². The van der Waals surface area contributed by atoms with Gasteiger partial charge in [-0.15, -0.1) is 0 Å². The zero-order valence-corrected chi connectivity index (χ0v) is 38.3. The first kappa shape index (κ1) is 52.0. The van der Waals surface area contributed by atoms with Gasteiger partial charge in [-0.1, -0.05) is 22.9 Å². The summed E-state index contributed by atoms with van der Waals surface area (Å²) in [5.74, 6) is -0.461. The lowest BCUT2D eigenvalue weighted by molar-refractivity contribution is -0.191. The molecule has 0 saturated heterocycles. The number of rotatable bonds is 6. The van der Waals surface area contributed by atoms with Crippen LogP contribution >= 0.6 is 114 Å². The molecule has 5 aromatic heterocycles. The summed E-state index contributed by atoms with van der Waals surface area (Å²) in [4.78, 5) is 91.3. The Kier molecular flexibility index (Phi) is 25.3. The van der Waals surface area contributed by atoms with E-state index in [4.69, 9.17) is 36.4 Å². The number of fused-ring (bicyclic) bond motifs is 2. The normalized spacial score (nSPS) is 9.87. The maximum absolute atomic E-state index is 11.5. The van der Waals surface area contributed by atoms with Crippen LogP contribution in [0.4, 0.5) is 5.82 Å². The van der Waals surface area contributed by atoms with Crippen molar-refractivity contribution in [3.63, 3.8) is 0 Å². The van der Waals surface area contributed by atoms with Gasteiger partial charge in [0.2, 0.25) is 5.28 Å². The standard InChI is InChI=1S/C9H7BrClN3O2.C9H8BrN3O3.C4H4BrN3O.C4H7BrO.CO2.Cl3OP/c1-2-16-8(15)6-4-14-7(13-6)5(10)3-12-9(14)11;1-2-16-8(14)6-4-13-7(12-6)5(10)3-11-9(13)15;5-2-1-7-4(9)8-3(2)6;1-2-4(6)3-5;2-1-3;1-5(2,3)4/h3-4H,2H2,1H3;3-4H,2H2,1H3,(H,11,15);1H,(H3,6,7,8,9);2-3H2,1H3;;. The summed E-state index contributed by atoms with van der Waals surface area (Å²) in [5, 5.41) is -2.48. The second-order valence-corrected chi connectivity index (χ2v) is 19.0. The van der Waals surface area contributed by atoms with Gasteiger partial charge in [0.25, 0.3) is 0 Å². The number of alkyl halides is 1. The fourth-order valence-electron chi connectivity index (χ4n) is 2.98. The van der Waals surface area contributed by atoms with E-state index in [1.54, 1.807) is 13.8 Å². The summed E-state index contributed by atoms with van der Waals surface area (Å²) in [6, 6.07) is 0. The van der Waals surface area contributed by atoms with Crippen LogP contribution in [0.3, 0.4) is 0 Å². The van der Waals surface area contributed by atoms with Gasteiger partial charge in [-0.3, -0.25) is 18.7 Å². The van der Waals surface area contributed by atoms with Crippen LogP contribution in [0.2, 0.25) is 5.28 Å². The minimum Gasteiger partial charge on any atom is -0.461 e. The molecule has 0 radical (unpaired) electrons. The number of Topliss-reactive ketones (excluding diaryl/α,β-unsaturated/α-hetero) is 1. The molecule has 0 aromatic carbocycles. The van der Waals surface area contributed by atoms with Crippen LogP contribution in [0.15, 0.2) is 54.0 Å². The number of nitrogens with two attached hydrogens (primary N) is 1. The first-order valence-corrected chi connectivity index (χ1v) is 22.5. The molecule has 0 aliphatic heterocycles. The zero-order chi connectivity index (χ0) is 42.5. The van der Waals surface area contributed by atoms with Crippen molar-refractivity contribution < 1.29 is 38.0 Å². The van der Waals surface area contributed by atoms with E-state index in [-0.39, 0.29) is 40.9 Å². The summed E-state index contributed by atoms with van der Waals surface area (Å²) >= 11 is 32.3. The molecule has 0 atom stereocenters. The van der Waals surface area contributed by atoms with E-state index in [2.05, 4.69) is 127 Å². The number of hydrogen-bond donors (Lipinski definition) is 3. The predicted octanol–water partition coefficient (Wildman–Crippen LogP) is 6.99. The van der Waals surface area contributed by atoms with Crippen LogP contribution in [-0.4, -0.2) is 81.1 Å². The van der Waals surface area contributed by atoms with Crippen LogP contribution < -0.4 is 17.1 Å². The van der Waals surface area contributed by atoms with Crippen molar-refractivity contribution in [1.82, 2.24) is 38.7 Å². The van der Waals surface area contributed by atoms with Crippen molar-refractivity contribution in [2.45, 2.75) is 27.2 Å². The van der Waals surface area contributed by atoms with E-state index in [1.807, 2.05) is 6.92 Å². The Bertz CT molecular complexity index is 2210. The number of halogens is 8. The van der Waals surface area contributed by atoms with Crippen molar-refractivity contribution in [1.29, 1.82) is 0 Å². The van der Waals surface area contributed by atoms with Gasteiger partial charge in [-0.2, -0.15) is 9.59 Å². The molecule has 0 unspecified atom stereocenters. The number of anilines is 1. The van der Waals surface area contributed by atoms with Crippen molar-refractivity contribution in [2.24, 2.45) is 0 Å². The van der Waals surface area contributed by atoms with Crippen molar-refractivity contribution in [3.05, 3.63) is 82.0 Å². The number of nitrogens with zero attached hydrogens (tertiary/aromatic N) is 6. The van der Waals surface area contributed by atoms with Crippen LogP contribution in [0, 0.1) is 0 Å². The molecular weight excluding hydrogens is 1100 g/mol. The summed E-state index contributed by atoms with van der Waals surface area (Å²) in [7, 11) is 0. The van der Waals surface area contributed by atoms with Crippen molar-refractivity contribution >= 4 is 155 Å². The maximum Gasteiger partial charge on any atom is 0.373 e. The highest BCUT2D eigenvalue weighted by atomic mass is 79.9. The highest BCUT2D eigenvalue weighted by molar-refractivity contribution is 9.11. The number of imidazole rings is 2. The number of hydrogen-bond acceptors (Lipinski definition) is 15. The second-order valence-electron chi connectivity index (χ2n) is 8.86. The van der Waals surface area contributed by atoms with E-state index >= 15 is 0 Å². The van der Waals surface area contributed by atoms with Gasteiger partial charge in [-0.05, 0) is 107 Å². The Balaban J connectivity index is 0.000000695. The lowest BCUT2D eigenvalue weighted by Gasteiger charge is -1.96. The van der Waals surface area contributed by atoms with E-state index in [1.165, 1.54) is 39.8 Å². The second kappa shape index (κ2) is 26.8. The fraction of sp³-hybridized carbons (Fsp3) is 0.259.